The summed E-state index contributed by atoms with van der Waals surface area (Å²) in [4.78, 5) is 4.15. The normalized spacial score (nSPS) is 10.9. The fourth-order valence-corrected chi connectivity index (χ4v) is 1.89. The number of aryl methyl sites for hydroxylation is 1. The van der Waals surface area contributed by atoms with E-state index in [1.54, 1.807) is 6.20 Å². The first-order chi connectivity index (χ1) is 8.33. The van der Waals surface area contributed by atoms with E-state index in [2.05, 4.69) is 17.2 Å². The quantitative estimate of drug-likeness (QED) is 0.630. The molecule has 0 fully saturated rings. The number of hydrogen-bond acceptors (Lipinski definition) is 3. The highest BCUT2D eigenvalue weighted by atomic mass is 16.4. The minimum Gasteiger partial charge on any atom is -0.445 e. The van der Waals surface area contributed by atoms with Crippen LogP contribution in [0.5, 0.6) is 0 Å². The van der Waals surface area contributed by atoms with Crippen LogP contribution in [0.15, 0.2) is 10.6 Å². The average Bonchev–Trinajstić information content (AvgIpc) is 2.73. The van der Waals surface area contributed by atoms with Crippen molar-refractivity contribution in [3.8, 4) is 0 Å². The Kier molecular flexibility index (Phi) is 7.72. The van der Waals surface area contributed by atoms with Crippen LogP contribution in [0.4, 0.5) is 0 Å². The molecule has 1 N–H and O–H groups in total. The Hall–Kier alpha value is -0.830. The maximum absolute atomic E-state index is 5.38. The van der Waals surface area contributed by atoms with Gasteiger partial charge in [0.05, 0.1) is 12.7 Å². The van der Waals surface area contributed by atoms with Crippen LogP contribution < -0.4 is 5.32 Å². The average molecular weight is 238 g/mol. The zero-order valence-corrected chi connectivity index (χ0v) is 11.3. The van der Waals surface area contributed by atoms with Gasteiger partial charge in [0, 0.05) is 0 Å². The lowest BCUT2D eigenvalue weighted by molar-refractivity contribution is 0.445. The molecule has 1 heterocycles. The maximum Gasteiger partial charge on any atom is 0.208 e. The molecule has 0 radical (unpaired) electrons. The molecule has 98 valence electrons. The third kappa shape index (κ3) is 7.16. The topological polar surface area (TPSA) is 38.1 Å². The molecule has 0 amide bonds. The Morgan fingerprint density at radius 3 is 2.47 bits per heavy atom. The Morgan fingerprint density at radius 2 is 1.82 bits per heavy atom. The van der Waals surface area contributed by atoms with Crippen molar-refractivity contribution in [2.45, 2.75) is 65.3 Å². The van der Waals surface area contributed by atoms with Crippen molar-refractivity contribution in [2.75, 3.05) is 6.54 Å². The number of hydrogen-bond donors (Lipinski definition) is 1. The first kappa shape index (κ1) is 14.2. The predicted molar refractivity (Wildman–Crippen MR) is 70.9 cm³/mol. The minimum absolute atomic E-state index is 0.754. The number of nitrogens with one attached hydrogen (secondary N) is 1. The Bertz CT molecular complexity index is 284. The van der Waals surface area contributed by atoms with Crippen LogP contribution >= 0.6 is 0 Å². The number of aromatic nitrogens is 1. The molecule has 1 aromatic heterocycles. The summed E-state index contributed by atoms with van der Waals surface area (Å²) in [6, 6.07) is 0. The van der Waals surface area contributed by atoms with E-state index >= 15 is 0 Å². The van der Waals surface area contributed by atoms with Crippen LogP contribution in [0, 0.1) is 6.92 Å². The molecule has 0 bridgehead atoms. The van der Waals surface area contributed by atoms with Crippen molar-refractivity contribution >= 4 is 0 Å². The van der Waals surface area contributed by atoms with E-state index in [0.717, 1.165) is 24.7 Å². The SMILES string of the molecule is CCCCCCCCCNCc1ncc(C)o1. The summed E-state index contributed by atoms with van der Waals surface area (Å²) in [5, 5.41) is 3.36. The summed E-state index contributed by atoms with van der Waals surface area (Å²) in [6.45, 7) is 6.00. The summed E-state index contributed by atoms with van der Waals surface area (Å²) < 4.78 is 5.38. The number of oxazole rings is 1. The maximum atomic E-state index is 5.38. The molecule has 0 aliphatic heterocycles. The summed E-state index contributed by atoms with van der Waals surface area (Å²) >= 11 is 0. The van der Waals surface area contributed by atoms with Gasteiger partial charge in [0.25, 0.3) is 0 Å². The van der Waals surface area contributed by atoms with Gasteiger partial charge >= 0.3 is 0 Å². The van der Waals surface area contributed by atoms with Crippen LogP contribution in [0.2, 0.25) is 0 Å². The van der Waals surface area contributed by atoms with E-state index in [1.807, 2.05) is 6.92 Å². The molecule has 0 aliphatic carbocycles. The molecule has 3 heteroatoms. The monoisotopic (exact) mass is 238 g/mol. The number of nitrogens with zero attached hydrogens (tertiary/aromatic N) is 1. The third-order valence-corrected chi connectivity index (χ3v) is 2.90. The molecule has 0 aromatic carbocycles. The molecule has 0 saturated carbocycles. The summed E-state index contributed by atoms with van der Waals surface area (Å²) in [5.41, 5.74) is 0. The van der Waals surface area contributed by atoms with Gasteiger partial charge < -0.3 is 9.73 Å². The largest absolute Gasteiger partial charge is 0.445 e. The van der Waals surface area contributed by atoms with Gasteiger partial charge in [-0.25, -0.2) is 4.98 Å². The fraction of sp³-hybridized carbons (Fsp3) is 0.786. The van der Waals surface area contributed by atoms with E-state index in [1.165, 1.54) is 44.9 Å². The first-order valence-electron chi connectivity index (χ1n) is 6.95. The fourth-order valence-electron chi connectivity index (χ4n) is 1.89. The van der Waals surface area contributed by atoms with Crippen molar-refractivity contribution in [1.29, 1.82) is 0 Å². The molecule has 0 atom stereocenters. The Labute approximate surface area is 105 Å². The molecule has 1 rings (SSSR count). The molecular formula is C14H26N2O. The summed E-state index contributed by atoms with van der Waals surface area (Å²) in [7, 11) is 0. The summed E-state index contributed by atoms with van der Waals surface area (Å²) in [5.74, 6) is 1.68. The molecule has 1 aromatic rings. The van der Waals surface area contributed by atoms with Gasteiger partial charge in [-0.05, 0) is 19.9 Å². The van der Waals surface area contributed by atoms with Crippen LogP contribution in [-0.2, 0) is 6.54 Å². The second-order valence-electron chi connectivity index (χ2n) is 4.66. The smallest absolute Gasteiger partial charge is 0.208 e. The van der Waals surface area contributed by atoms with Crippen molar-refractivity contribution < 1.29 is 4.42 Å². The van der Waals surface area contributed by atoms with Crippen molar-refractivity contribution in [2.24, 2.45) is 0 Å². The second kappa shape index (κ2) is 9.23. The number of rotatable bonds is 10. The van der Waals surface area contributed by atoms with Gasteiger partial charge in [-0.2, -0.15) is 0 Å². The zero-order chi connectivity index (χ0) is 12.3. The highest BCUT2D eigenvalue weighted by Crippen LogP contribution is 2.06. The molecular weight excluding hydrogens is 212 g/mol. The lowest BCUT2D eigenvalue weighted by Crippen LogP contribution is -2.14. The van der Waals surface area contributed by atoms with E-state index in [0.29, 0.717) is 0 Å². The Balaban J connectivity index is 1.84. The van der Waals surface area contributed by atoms with Crippen molar-refractivity contribution in [3.05, 3.63) is 17.8 Å². The van der Waals surface area contributed by atoms with Gasteiger partial charge in [-0.1, -0.05) is 45.4 Å². The first-order valence-corrected chi connectivity index (χ1v) is 6.95. The molecule has 0 aliphatic rings. The van der Waals surface area contributed by atoms with E-state index in [4.69, 9.17) is 4.42 Å². The predicted octanol–water partition coefficient (Wildman–Crippen LogP) is 3.82. The molecule has 0 unspecified atom stereocenters. The van der Waals surface area contributed by atoms with E-state index < -0.39 is 0 Å². The van der Waals surface area contributed by atoms with Crippen LogP contribution in [0.1, 0.15) is 63.5 Å². The van der Waals surface area contributed by atoms with Crippen LogP contribution in [0.25, 0.3) is 0 Å². The van der Waals surface area contributed by atoms with Crippen molar-refractivity contribution in [1.82, 2.24) is 10.3 Å². The molecule has 3 nitrogen and oxygen atoms in total. The van der Waals surface area contributed by atoms with E-state index in [-0.39, 0.29) is 0 Å². The minimum atomic E-state index is 0.754. The van der Waals surface area contributed by atoms with Gasteiger partial charge in [-0.15, -0.1) is 0 Å². The number of unbranched alkanes of at least 4 members (excludes halogenated alkanes) is 6. The van der Waals surface area contributed by atoms with E-state index in [9.17, 15) is 0 Å². The summed E-state index contributed by atoms with van der Waals surface area (Å²) in [6.07, 6.45) is 11.3. The molecule has 0 spiro atoms. The standard InChI is InChI=1S/C14H26N2O/c1-3-4-5-6-7-8-9-10-15-12-14-16-11-13(2)17-14/h11,15H,3-10,12H2,1-2H3. The van der Waals surface area contributed by atoms with Crippen LogP contribution in [-0.4, -0.2) is 11.5 Å². The second-order valence-corrected chi connectivity index (χ2v) is 4.66. The molecule has 17 heavy (non-hydrogen) atoms. The van der Waals surface area contributed by atoms with Gasteiger partial charge in [-0.3, -0.25) is 0 Å². The lowest BCUT2D eigenvalue weighted by atomic mass is 10.1. The highest BCUT2D eigenvalue weighted by Gasteiger charge is 1.98. The lowest BCUT2D eigenvalue weighted by Gasteiger charge is -2.02. The van der Waals surface area contributed by atoms with Gasteiger partial charge in [0.2, 0.25) is 5.89 Å². The third-order valence-electron chi connectivity index (χ3n) is 2.90. The zero-order valence-electron chi connectivity index (χ0n) is 11.3. The van der Waals surface area contributed by atoms with Crippen molar-refractivity contribution in [3.63, 3.8) is 0 Å². The van der Waals surface area contributed by atoms with Crippen LogP contribution in [0.3, 0.4) is 0 Å². The van der Waals surface area contributed by atoms with Gasteiger partial charge in [0.1, 0.15) is 5.76 Å². The highest BCUT2D eigenvalue weighted by molar-refractivity contribution is 4.90. The molecule has 0 saturated heterocycles. The van der Waals surface area contributed by atoms with Gasteiger partial charge in [0.15, 0.2) is 0 Å². The Morgan fingerprint density at radius 1 is 1.12 bits per heavy atom.